The maximum absolute atomic E-state index is 12.8. The molecule has 0 bridgehead atoms. The minimum atomic E-state index is -0.814. The van der Waals surface area contributed by atoms with Crippen LogP contribution in [-0.2, 0) is 28.6 Å². The highest BCUT2D eigenvalue weighted by atomic mass is 16.6. The van der Waals surface area contributed by atoms with Crippen LogP contribution in [-0.4, -0.2) is 37.2 Å². The summed E-state index contributed by atoms with van der Waals surface area (Å²) in [5.74, 6) is -0.985. The first-order valence-electron chi connectivity index (χ1n) is 26.0. The van der Waals surface area contributed by atoms with Crippen molar-refractivity contribution < 1.29 is 28.6 Å². The van der Waals surface area contributed by atoms with Crippen LogP contribution in [0.3, 0.4) is 0 Å². The Morgan fingerprint density at radius 3 is 1.02 bits per heavy atom. The van der Waals surface area contributed by atoms with Gasteiger partial charge in [-0.25, -0.2) is 0 Å². The maximum Gasteiger partial charge on any atom is 0.306 e. The molecule has 0 aliphatic heterocycles. The molecule has 0 spiro atoms. The van der Waals surface area contributed by atoms with Crippen LogP contribution in [0.15, 0.2) is 109 Å². The second kappa shape index (κ2) is 51.7. The molecule has 6 nitrogen and oxygen atoms in total. The van der Waals surface area contributed by atoms with Crippen molar-refractivity contribution >= 4 is 17.9 Å². The average molecular weight is 887 g/mol. The second-order valence-electron chi connectivity index (χ2n) is 16.8. The van der Waals surface area contributed by atoms with E-state index in [0.29, 0.717) is 19.3 Å². The molecule has 0 radical (unpaired) electrons. The molecule has 0 N–H and O–H groups in total. The van der Waals surface area contributed by atoms with Gasteiger partial charge in [-0.15, -0.1) is 0 Å². The fourth-order valence-electron chi connectivity index (χ4n) is 6.81. The van der Waals surface area contributed by atoms with E-state index in [0.717, 1.165) is 103 Å². The van der Waals surface area contributed by atoms with Crippen LogP contribution in [0.4, 0.5) is 0 Å². The standard InChI is InChI=1S/C58H94O6/c1-4-7-10-13-16-19-22-25-27-28-29-31-33-36-39-42-45-48-51-57(60)63-54-55(53-62-56(59)50-47-44-41-38-35-32-24-21-18-15-12-9-6-3)64-58(61)52-49-46-43-40-37-34-30-26-23-20-17-14-11-8-5-2/h8-9,11-12,14-15,17-18,20-21,23-24,26,29-31,34,37,55H,4-7,10,13,16,19,22,25,27-28,32-33,35-36,38-54H2,1-3H3/b11-8-,12-9-,17-14-,18-15-,23-20-,24-21-,30-26-,31-29-,37-34-. The van der Waals surface area contributed by atoms with Gasteiger partial charge >= 0.3 is 17.9 Å². The zero-order valence-corrected chi connectivity index (χ0v) is 41.3. The summed E-state index contributed by atoms with van der Waals surface area (Å²) in [5.41, 5.74) is 0. The van der Waals surface area contributed by atoms with Crippen LogP contribution in [0.2, 0.25) is 0 Å². The zero-order valence-electron chi connectivity index (χ0n) is 41.3. The van der Waals surface area contributed by atoms with Gasteiger partial charge in [-0.3, -0.25) is 14.4 Å². The fraction of sp³-hybridized carbons (Fsp3) is 0.638. The molecule has 0 aromatic rings. The molecule has 0 fully saturated rings. The number of rotatable bonds is 45. The highest BCUT2D eigenvalue weighted by Crippen LogP contribution is 2.14. The number of allylic oxidation sites excluding steroid dienone is 18. The molecule has 0 aromatic heterocycles. The Bertz CT molecular complexity index is 1340. The normalized spacial score (nSPS) is 13.0. The third-order valence-corrected chi connectivity index (χ3v) is 10.7. The summed E-state index contributed by atoms with van der Waals surface area (Å²) in [6.07, 6.45) is 69.3. The Morgan fingerprint density at radius 2 is 0.625 bits per heavy atom. The highest BCUT2D eigenvalue weighted by Gasteiger charge is 2.19. The van der Waals surface area contributed by atoms with E-state index in [4.69, 9.17) is 14.2 Å². The summed E-state index contributed by atoms with van der Waals surface area (Å²) in [6.45, 7) is 6.29. The van der Waals surface area contributed by atoms with Gasteiger partial charge in [0.1, 0.15) is 13.2 Å². The van der Waals surface area contributed by atoms with Crippen molar-refractivity contribution in [1.29, 1.82) is 0 Å². The van der Waals surface area contributed by atoms with Crippen LogP contribution in [0.1, 0.15) is 220 Å². The number of esters is 3. The van der Waals surface area contributed by atoms with E-state index in [2.05, 4.69) is 81.5 Å². The van der Waals surface area contributed by atoms with E-state index >= 15 is 0 Å². The summed E-state index contributed by atoms with van der Waals surface area (Å²) >= 11 is 0. The van der Waals surface area contributed by atoms with Crippen LogP contribution in [0.25, 0.3) is 0 Å². The quantitative estimate of drug-likeness (QED) is 0.0199. The maximum atomic E-state index is 12.8. The van der Waals surface area contributed by atoms with Crippen molar-refractivity contribution in [2.24, 2.45) is 0 Å². The largest absolute Gasteiger partial charge is 0.462 e. The van der Waals surface area contributed by atoms with Gasteiger partial charge in [0.2, 0.25) is 0 Å². The van der Waals surface area contributed by atoms with E-state index in [-0.39, 0.29) is 37.5 Å². The number of unbranched alkanes of at least 4 members (excludes halogenated alkanes) is 22. The van der Waals surface area contributed by atoms with Crippen molar-refractivity contribution in [3.63, 3.8) is 0 Å². The van der Waals surface area contributed by atoms with E-state index in [1.165, 1.54) is 70.6 Å². The summed E-state index contributed by atoms with van der Waals surface area (Å²) in [4.78, 5) is 38.0. The van der Waals surface area contributed by atoms with Gasteiger partial charge in [0, 0.05) is 19.3 Å². The van der Waals surface area contributed by atoms with Gasteiger partial charge in [0.05, 0.1) is 0 Å². The molecule has 0 saturated carbocycles. The van der Waals surface area contributed by atoms with E-state index in [1.54, 1.807) is 0 Å². The van der Waals surface area contributed by atoms with Crippen LogP contribution in [0.5, 0.6) is 0 Å². The molecule has 0 heterocycles. The minimum absolute atomic E-state index is 0.109. The van der Waals surface area contributed by atoms with Crippen LogP contribution < -0.4 is 0 Å². The molecule has 362 valence electrons. The van der Waals surface area contributed by atoms with Crippen LogP contribution >= 0.6 is 0 Å². The summed E-state index contributed by atoms with van der Waals surface area (Å²) in [5, 5.41) is 0. The molecule has 0 rings (SSSR count). The molecule has 0 aromatic carbocycles. The van der Waals surface area contributed by atoms with Crippen molar-refractivity contribution in [2.45, 2.75) is 226 Å². The van der Waals surface area contributed by atoms with Gasteiger partial charge in [-0.1, -0.05) is 226 Å². The number of ether oxygens (including phenoxy) is 3. The predicted molar refractivity (Wildman–Crippen MR) is 274 cm³/mol. The third kappa shape index (κ3) is 49.1. The molecule has 1 atom stereocenters. The number of carbonyl (C=O) groups is 3. The van der Waals surface area contributed by atoms with Gasteiger partial charge in [-0.2, -0.15) is 0 Å². The third-order valence-electron chi connectivity index (χ3n) is 10.7. The Balaban J connectivity index is 4.49. The number of carbonyl (C=O) groups excluding carboxylic acids is 3. The molecule has 0 aliphatic carbocycles. The lowest BCUT2D eigenvalue weighted by Crippen LogP contribution is -2.30. The molecule has 0 saturated heterocycles. The highest BCUT2D eigenvalue weighted by molar-refractivity contribution is 5.71. The van der Waals surface area contributed by atoms with E-state index < -0.39 is 6.10 Å². The number of hydrogen-bond acceptors (Lipinski definition) is 6. The lowest BCUT2D eigenvalue weighted by atomic mass is 10.1. The molecule has 1 unspecified atom stereocenters. The van der Waals surface area contributed by atoms with Gasteiger partial charge < -0.3 is 14.2 Å². The second-order valence-corrected chi connectivity index (χ2v) is 16.8. The Labute approximate surface area is 393 Å². The first-order valence-corrected chi connectivity index (χ1v) is 26.0. The molecule has 0 aliphatic rings. The smallest absolute Gasteiger partial charge is 0.306 e. The Hall–Kier alpha value is -3.93. The minimum Gasteiger partial charge on any atom is -0.462 e. The van der Waals surface area contributed by atoms with Crippen molar-refractivity contribution in [2.75, 3.05) is 13.2 Å². The number of hydrogen-bond donors (Lipinski definition) is 0. The Morgan fingerprint density at radius 1 is 0.328 bits per heavy atom. The molecule has 0 amide bonds. The fourth-order valence-corrected chi connectivity index (χ4v) is 6.81. The van der Waals surface area contributed by atoms with Gasteiger partial charge in [0.25, 0.3) is 0 Å². The van der Waals surface area contributed by atoms with Gasteiger partial charge in [0.15, 0.2) is 6.10 Å². The Kier molecular flexibility index (Phi) is 48.5. The average Bonchev–Trinajstić information content (AvgIpc) is 3.29. The van der Waals surface area contributed by atoms with Gasteiger partial charge in [-0.05, 0) is 83.5 Å². The first kappa shape index (κ1) is 60.1. The summed E-state index contributed by atoms with van der Waals surface area (Å²) in [6, 6.07) is 0. The molecule has 64 heavy (non-hydrogen) atoms. The van der Waals surface area contributed by atoms with Crippen molar-refractivity contribution in [3.05, 3.63) is 109 Å². The van der Waals surface area contributed by atoms with E-state index in [1.807, 2.05) is 48.6 Å². The zero-order chi connectivity index (χ0) is 46.5. The summed E-state index contributed by atoms with van der Waals surface area (Å²) in [7, 11) is 0. The lowest BCUT2D eigenvalue weighted by Gasteiger charge is -2.18. The predicted octanol–water partition coefficient (Wildman–Crippen LogP) is 17.1. The monoisotopic (exact) mass is 887 g/mol. The topological polar surface area (TPSA) is 78.9 Å². The molecule has 6 heteroatoms. The molecular weight excluding hydrogens is 793 g/mol. The van der Waals surface area contributed by atoms with Crippen molar-refractivity contribution in [3.8, 4) is 0 Å². The molecular formula is C58H94O6. The lowest BCUT2D eigenvalue weighted by molar-refractivity contribution is -0.167. The first-order chi connectivity index (χ1) is 31.5. The van der Waals surface area contributed by atoms with E-state index in [9.17, 15) is 14.4 Å². The van der Waals surface area contributed by atoms with Crippen LogP contribution in [0, 0.1) is 0 Å². The summed E-state index contributed by atoms with van der Waals surface area (Å²) < 4.78 is 16.7. The van der Waals surface area contributed by atoms with Crippen molar-refractivity contribution in [1.82, 2.24) is 0 Å². The SMILES string of the molecule is CC\C=C/C=C\C=C/C=C\C=C/CCCCCC(=O)OC(COC(=O)CCCCCCC\C=C/C=C\C=C/CC)COC(=O)CCCCCCC/C=C\CCCCCCCCCCC.